The number of aryl methyl sites for hydroxylation is 2. The number of fused-ring (bicyclic) bond motifs is 2. The summed E-state index contributed by atoms with van der Waals surface area (Å²) in [6.07, 6.45) is 1.61. The summed E-state index contributed by atoms with van der Waals surface area (Å²) in [7, 11) is 1.43. The fourth-order valence-electron chi connectivity index (χ4n) is 4.20. The number of halogens is 1. The van der Waals surface area contributed by atoms with Gasteiger partial charge < -0.3 is 14.3 Å². The maximum atomic E-state index is 13.7. The quantitative estimate of drug-likeness (QED) is 0.418. The minimum atomic E-state index is -0.825. The van der Waals surface area contributed by atoms with E-state index in [0.29, 0.717) is 26.8 Å². The number of aromatic hydroxyl groups is 1. The summed E-state index contributed by atoms with van der Waals surface area (Å²) in [6, 6.07) is 11.3. The zero-order valence-electron chi connectivity index (χ0n) is 18.0. The Morgan fingerprint density at radius 2 is 1.85 bits per heavy atom. The van der Waals surface area contributed by atoms with Crippen LogP contribution in [0.5, 0.6) is 11.5 Å². The Labute approximate surface area is 197 Å². The third kappa shape index (κ3) is 3.29. The summed E-state index contributed by atoms with van der Waals surface area (Å²) in [6.45, 7) is 3.79. The van der Waals surface area contributed by atoms with Crippen molar-refractivity contribution in [3.8, 4) is 11.5 Å². The van der Waals surface area contributed by atoms with Crippen LogP contribution in [0.2, 0.25) is 0 Å². The lowest BCUT2D eigenvalue weighted by Crippen LogP contribution is -2.30. The van der Waals surface area contributed by atoms with Crippen LogP contribution in [0.15, 0.2) is 62.3 Å². The number of hydrogen-bond donors (Lipinski definition) is 1. The molecule has 3 heterocycles. The van der Waals surface area contributed by atoms with Crippen molar-refractivity contribution in [2.75, 3.05) is 12.0 Å². The normalized spacial score (nSPS) is 15.2. The molecule has 7 nitrogen and oxygen atoms in total. The monoisotopic (exact) mass is 506 g/mol. The van der Waals surface area contributed by atoms with E-state index in [0.717, 1.165) is 11.1 Å². The smallest absolute Gasteiger partial charge is 0.296 e. The number of pyridine rings is 1. The van der Waals surface area contributed by atoms with Crippen LogP contribution in [0.1, 0.15) is 38.9 Å². The highest BCUT2D eigenvalue weighted by Crippen LogP contribution is 2.44. The first-order chi connectivity index (χ1) is 15.8. The van der Waals surface area contributed by atoms with Gasteiger partial charge in [-0.1, -0.05) is 11.6 Å². The number of carbonyl (C=O) groups excluding carboxylic acids is 1. The van der Waals surface area contributed by atoms with E-state index >= 15 is 0 Å². The molecule has 0 bridgehead atoms. The van der Waals surface area contributed by atoms with Crippen LogP contribution in [0.4, 0.5) is 5.82 Å². The lowest BCUT2D eigenvalue weighted by Gasteiger charge is -2.25. The molecule has 0 unspecified atom stereocenters. The first-order valence-electron chi connectivity index (χ1n) is 10.2. The van der Waals surface area contributed by atoms with Crippen LogP contribution in [0, 0.1) is 13.8 Å². The molecule has 1 aliphatic heterocycles. The van der Waals surface area contributed by atoms with E-state index < -0.39 is 11.9 Å². The molecule has 0 fully saturated rings. The molecule has 4 aromatic rings. The number of benzene rings is 2. The molecular weight excluding hydrogens is 488 g/mol. The van der Waals surface area contributed by atoms with Crippen LogP contribution < -0.4 is 15.1 Å². The standard InChI is InChI=1S/C25H19BrN2O5/c1-12-4-5-17-15(8-12)22(29)20-21(14-10-16(26)23(30)18(11-14)32-3)28(25(31)24(20)33-17)19-9-13(2)6-7-27-19/h4-11,21,30H,1-3H3/t21-/m0/s1. The molecule has 1 amide bonds. The third-order valence-electron chi connectivity index (χ3n) is 5.76. The van der Waals surface area contributed by atoms with Gasteiger partial charge in [0.05, 0.1) is 28.6 Å². The Hall–Kier alpha value is -3.65. The highest BCUT2D eigenvalue weighted by Gasteiger charge is 2.44. The lowest BCUT2D eigenvalue weighted by atomic mass is 9.97. The summed E-state index contributed by atoms with van der Waals surface area (Å²) >= 11 is 3.34. The molecule has 1 aliphatic rings. The van der Waals surface area contributed by atoms with Crippen molar-refractivity contribution >= 4 is 38.6 Å². The highest BCUT2D eigenvalue weighted by atomic mass is 79.9. The Morgan fingerprint density at radius 1 is 1.09 bits per heavy atom. The molecular formula is C25H19BrN2O5. The molecule has 0 saturated carbocycles. The molecule has 0 spiro atoms. The summed E-state index contributed by atoms with van der Waals surface area (Å²) in [5.41, 5.74) is 2.66. The van der Waals surface area contributed by atoms with Crippen LogP contribution >= 0.6 is 15.9 Å². The van der Waals surface area contributed by atoms with Gasteiger partial charge in [0, 0.05) is 6.20 Å². The molecule has 8 heteroatoms. The molecule has 2 aromatic carbocycles. The van der Waals surface area contributed by atoms with E-state index in [1.54, 1.807) is 36.5 Å². The number of hydrogen-bond acceptors (Lipinski definition) is 6. The molecule has 5 rings (SSSR count). The van der Waals surface area contributed by atoms with Crippen molar-refractivity contribution in [3.05, 3.63) is 91.4 Å². The summed E-state index contributed by atoms with van der Waals surface area (Å²) in [4.78, 5) is 33.2. The molecule has 1 atom stereocenters. The van der Waals surface area contributed by atoms with Crippen molar-refractivity contribution in [2.24, 2.45) is 0 Å². The van der Waals surface area contributed by atoms with Crippen molar-refractivity contribution in [1.82, 2.24) is 4.98 Å². The third-order valence-corrected chi connectivity index (χ3v) is 6.36. The SMILES string of the molecule is COc1cc([C@H]2c3c(oc4ccc(C)cc4c3=O)C(=O)N2c2cc(C)ccn2)cc(Br)c1O. The van der Waals surface area contributed by atoms with Crippen LogP contribution in [0.25, 0.3) is 11.0 Å². The maximum Gasteiger partial charge on any atom is 0.296 e. The van der Waals surface area contributed by atoms with E-state index in [1.165, 1.54) is 12.0 Å². The predicted octanol–water partition coefficient (Wildman–Crippen LogP) is 5.03. The number of methoxy groups -OCH3 is 1. The lowest BCUT2D eigenvalue weighted by molar-refractivity contribution is 0.0970. The Balaban J connectivity index is 1.85. The number of phenolic OH excluding ortho intramolecular Hbond substituents is 1. The first-order valence-corrected chi connectivity index (χ1v) is 11.0. The molecule has 1 N–H and O–H groups in total. The van der Waals surface area contributed by atoms with Gasteiger partial charge in [0.2, 0.25) is 5.76 Å². The van der Waals surface area contributed by atoms with Gasteiger partial charge in [-0.25, -0.2) is 4.98 Å². The van der Waals surface area contributed by atoms with Gasteiger partial charge in [0.25, 0.3) is 5.91 Å². The zero-order valence-corrected chi connectivity index (χ0v) is 19.6. The number of nitrogens with zero attached hydrogens (tertiary/aromatic N) is 2. The summed E-state index contributed by atoms with van der Waals surface area (Å²) in [5.74, 6) is 0.0357. The van der Waals surface area contributed by atoms with Crippen molar-refractivity contribution in [2.45, 2.75) is 19.9 Å². The molecule has 33 heavy (non-hydrogen) atoms. The van der Waals surface area contributed by atoms with Crippen LogP contribution in [-0.4, -0.2) is 23.1 Å². The molecule has 0 aliphatic carbocycles. The van der Waals surface area contributed by atoms with Gasteiger partial charge in [-0.3, -0.25) is 14.5 Å². The fraction of sp³-hybridized carbons (Fsp3) is 0.160. The number of phenols is 1. The van der Waals surface area contributed by atoms with Gasteiger partial charge in [-0.2, -0.15) is 0 Å². The van der Waals surface area contributed by atoms with E-state index in [4.69, 9.17) is 9.15 Å². The average molecular weight is 507 g/mol. The second kappa shape index (κ2) is 7.74. The molecule has 2 aromatic heterocycles. The maximum absolute atomic E-state index is 13.7. The van der Waals surface area contributed by atoms with Gasteiger partial charge in [-0.15, -0.1) is 0 Å². The van der Waals surface area contributed by atoms with Crippen LogP contribution in [-0.2, 0) is 0 Å². The van der Waals surface area contributed by atoms with Gasteiger partial charge >= 0.3 is 0 Å². The Bertz CT molecular complexity index is 1510. The van der Waals surface area contributed by atoms with Crippen LogP contribution in [0.3, 0.4) is 0 Å². The van der Waals surface area contributed by atoms with Gasteiger partial charge in [0.15, 0.2) is 16.9 Å². The number of ether oxygens (including phenoxy) is 1. The minimum absolute atomic E-state index is 0.0205. The molecule has 166 valence electrons. The number of anilines is 1. The Morgan fingerprint density at radius 3 is 2.58 bits per heavy atom. The number of aromatic nitrogens is 1. The highest BCUT2D eigenvalue weighted by molar-refractivity contribution is 9.10. The fourth-order valence-corrected chi connectivity index (χ4v) is 4.66. The van der Waals surface area contributed by atoms with E-state index in [9.17, 15) is 14.7 Å². The zero-order chi connectivity index (χ0) is 23.4. The summed E-state index contributed by atoms with van der Waals surface area (Å²) in [5, 5.41) is 10.7. The van der Waals surface area contributed by atoms with E-state index in [-0.39, 0.29) is 28.3 Å². The Kier molecular flexibility index (Phi) is 4.97. The first kappa shape index (κ1) is 21.2. The average Bonchev–Trinajstić information content (AvgIpc) is 3.08. The van der Waals surface area contributed by atoms with Gasteiger partial charge in [-0.05, 0) is 77.3 Å². The van der Waals surface area contributed by atoms with E-state index in [1.807, 2.05) is 26.0 Å². The second-order valence-corrected chi connectivity index (χ2v) is 8.85. The molecule has 0 saturated heterocycles. The van der Waals surface area contributed by atoms with Crippen molar-refractivity contribution in [1.29, 1.82) is 0 Å². The number of carbonyl (C=O) groups is 1. The molecule has 0 radical (unpaired) electrons. The number of rotatable bonds is 3. The number of amides is 1. The van der Waals surface area contributed by atoms with Crippen molar-refractivity contribution < 1.29 is 19.1 Å². The summed E-state index contributed by atoms with van der Waals surface area (Å²) < 4.78 is 11.7. The van der Waals surface area contributed by atoms with Crippen molar-refractivity contribution in [3.63, 3.8) is 0 Å². The predicted molar refractivity (Wildman–Crippen MR) is 127 cm³/mol. The topological polar surface area (TPSA) is 92.9 Å². The largest absolute Gasteiger partial charge is 0.503 e. The minimum Gasteiger partial charge on any atom is -0.503 e. The second-order valence-electron chi connectivity index (χ2n) is 8.00. The van der Waals surface area contributed by atoms with Gasteiger partial charge in [0.1, 0.15) is 11.4 Å². The van der Waals surface area contributed by atoms with E-state index in [2.05, 4.69) is 20.9 Å².